The van der Waals surface area contributed by atoms with Gasteiger partial charge in [0, 0.05) is 29.1 Å². The van der Waals surface area contributed by atoms with Crippen LogP contribution in [0.4, 0.5) is 0 Å². The summed E-state index contributed by atoms with van der Waals surface area (Å²) in [6.45, 7) is 3.25. The molecule has 6 heteroatoms. The highest BCUT2D eigenvalue weighted by Crippen LogP contribution is 2.21. The third-order valence-corrected chi connectivity index (χ3v) is 3.48. The molecule has 0 fully saturated rings. The molecule has 2 N–H and O–H groups in total. The van der Waals surface area contributed by atoms with E-state index in [1.165, 1.54) is 0 Å². The Labute approximate surface area is 136 Å². The Kier molecular flexibility index (Phi) is 10.0. The van der Waals surface area contributed by atoms with Gasteiger partial charge in [-0.15, -0.1) is 12.4 Å². The second kappa shape index (κ2) is 10.3. The van der Waals surface area contributed by atoms with Crippen LogP contribution in [0.15, 0.2) is 18.2 Å². The summed E-state index contributed by atoms with van der Waals surface area (Å²) in [5, 5.41) is 7.23. The molecule has 1 rings (SSSR count). The summed E-state index contributed by atoms with van der Waals surface area (Å²) < 4.78 is 0. The molecule has 20 heavy (non-hydrogen) atoms. The summed E-state index contributed by atoms with van der Waals surface area (Å²) in [6, 6.07) is 5.50. The van der Waals surface area contributed by atoms with Gasteiger partial charge in [-0.25, -0.2) is 0 Å². The molecule has 0 aliphatic rings. The number of rotatable bonds is 7. The van der Waals surface area contributed by atoms with Gasteiger partial charge in [0.2, 0.25) is 5.91 Å². The molecular weight excluding hydrogens is 319 g/mol. The predicted molar refractivity (Wildman–Crippen MR) is 88.1 cm³/mol. The van der Waals surface area contributed by atoms with E-state index in [0.717, 1.165) is 18.4 Å². The molecule has 0 heterocycles. The second-order valence-electron chi connectivity index (χ2n) is 4.59. The van der Waals surface area contributed by atoms with E-state index in [2.05, 4.69) is 10.6 Å². The molecule has 0 aliphatic carbocycles. The van der Waals surface area contributed by atoms with Gasteiger partial charge in [-0.2, -0.15) is 0 Å². The topological polar surface area (TPSA) is 41.1 Å². The number of carbonyl (C=O) groups excluding carboxylic acids is 1. The highest BCUT2D eigenvalue weighted by Gasteiger charge is 2.10. The van der Waals surface area contributed by atoms with Crippen LogP contribution in [0, 0.1) is 5.92 Å². The minimum Gasteiger partial charge on any atom is -0.356 e. The lowest BCUT2D eigenvalue weighted by Crippen LogP contribution is -2.34. The van der Waals surface area contributed by atoms with Crippen LogP contribution < -0.4 is 10.6 Å². The van der Waals surface area contributed by atoms with Crippen molar-refractivity contribution < 1.29 is 4.79 Å². The van der Waals surface area contributed by atoms with Gasteiger partial charge < -0.3 is 10.6 Å². The zero-order valence-electron chi connectivity index (χ0n) is 11.7. The van der Waals surface area contributed by atoms with Crippen molar-refractivity contribution in [2.75, 3.05) is 20.1 Å². The van der Waals surface area contributed by atoms with Crippen molar-refractivity contribution in [2.24, 2.45) is 5.92 Å². The predicted octanol–water partition coefficient (Wildman–Crippen LogP) is 3.32. The molecule has 0 saturated heterocycles. The van der Waals surface area contributed by atoms with Crippen LogP contribution >= 0.6 is 35.6 Å². The number of aryl methyl sites for hydroxylation is 1. The zero-order chi connectivity index (χ0) is 14.3. The number of amides is 1. The molecule has 0 saturated carbocycles. The molecule has 3 nitrogen and oxygen atoms in total. The third kappa shape index (κ3) is 6.80. The van der Waals surface area contributed by atoms with E-state index < -0.39 is 0 Å². The minimum atomic E-state index is -0.0101. The Bertz CT molecular complexity index is 427. The number of benzene rings is 1. The van der Waals surface area contributed by atoms with E-state index in [4.69, 9.17) is 23.2 Å². The Balaban J connectivity index is 0.00000361. The number of hydrogen-bond acceptors (Lipinski definition) is 2. The summed E-state index contributed by atoms with van der Waals surface area (Å²) in [4.78, 5) is 11.7. The first-order chi connectivity index (χ1) is 9.04. The number of carbonyl (C=O) groups is 1. The molecule has 0 spiro atoms. The van der Waals surface area contributed by atoms with Gasteiger partial charge in [0.05, 0.1) is 0 Å². The quantitative estimate of drug-likeness (QED) is 0.748. The molecule has 1 unspecified atom stereocenters. The molecule has 0 radical (unpaired) electrons. The average molecular weight is 340 g/mol. The van der Waals surface area contributed by atoms with Crippen molar-refractivity contribution in [3.8, 4) is 0 Å². The van der Waals surface area contributed by atoms with E-state index in [0.29, 0.717) is 23.1 Å². The maximum absolute atomic E-state index is 11.7. The van der Waals surface area contributed by atoms with Crippen LogP contribution in [0.5, 0.6) is 0 Å². The van der Waals surface area contributed by atoms with Crippen LogP contribution in [0.25, 0.3) is 0 Å². The highest BCUT2D eigenvalue weighted by atomic mass is 35.5. The molecule has 1 amide bonds. The summed E-state index contributed by atoms with van der Waals surface area (Å²) in [5.41, 5.74) is 1.06. The Morgan fingerprint density at radius 1 is 1.35 bits per heavy atom. The monoisotopic (exact) mass is 338 g/mol. The highest BCUT2D eigenvalue weighted by molar-refractivity contribution is 6.35. The minimum absolute atomic E-state index is 0. The molecule has 0 aromatic heterocycles. The van der Waals surface area contributed by atoms with Crippen LogP contribution in [-0.2, 0) is 11.2 Å². The Morgan fingerprint density at radius 3 is 2.65 bits per heavy atom. The van der Waals surface area contributed by atoms with Crippen LogP contribution in [0.1, 0.15) is 18.9 Å². The van der Waals surface area contributed by atoms with Gasteiger partial charge in [0.15, 0.2) is 0 Å². The smallest absolute Gasteiger partial charge is 0.224 e. The van der Waals surface area contributed by atoms with Gasteiger partial charge in [-0.05, 0) is 37.6 Å². The lowest BCUT2D eigenvalue weighted by Gasteiger charge is -2.11. The van der Waals surface area contributed by atoms with Gasteiger partial charge in [-0.3, -0.25) is 4.79 Å². The average Bonchev–Trinajstić information content (AvgIpc) is 2.36. The van der Waals surface area contributed by atoms with E-state index in [1.807, 2.05) is 26.1 Å². The molecule has 0 bridgehead atoms. The summed E-state index contributed by atoms with van der Waals surface area (Å²) in [5.74, 6) is 0.0701. The molecular formula is C14H21Cl3N2O. The fourth-order valence-electron chi connectivity index (χ4n) is 1.79. The Morgan fingerprint density at radius 2 is 2.05 bits per heavy atom. The second-order valence-corrected chi connectivity index (χ2v) is 5.43. The van der Waals surface area contributed by atoms with Gasteiger partial charge in [0.1, 0.15) is 0 Å². The summed E-state index contributed by atoms with van der Waals surface area (Å²) >= 11 is 11.9. The molecule has 1 aromatic carbocycles. The zero-order valence-corrected chi connectivity index (χ0v) is 14.0. The first-order valence-corrected chi connectivity index (χ1v) is 7.16. The van der Waals surface area contributed by atoms with E-state index >= 15 is 0 Å². The van der Waals surface area contributed by atoms with Crippen molar-refractivity contribution in [1.82, 2.24) is 10.6 Å². The van der Waals surface area contributed by atoms with E-state index in [1.54, 1.807) is 6.07 Å². The van der Waals surface area contributed by atoms with Crippen LogP contribution in [0.3, 0.4) is 0 Å². The standard InChI is InChI=1S/C14H20Cl2N2O.ClH/c1-10(9-17-2)14(19)18-7-3-4-11-5-6-12(15)8-13(11)16;/h5-6,8,10,17H,3-4,7,9H2,1-2H3,(H,18,19);1H. The Hall–Kier alpha value is -0.480. The lowest BCUT2D eigenvalue weighted by atomic mass is 10.1. The van der Waals surface area contributed by atoms with Crippen LogP contribution in [-0.4, -0.2) is 26.0 Å². The maximum atomic E-state index is 11.7. The fraction of sp³-hybridized carbons (Fsp3) is 0.500. The molecule has 1 aromatic rings. The van der Waals surface area contributed by atoms with E-state index in [9.17, 15) is 4.79 Å². The maximum Gasteiger partial charge on any atom is 0.224 e. The van der Waals surface area contributed by atoms with Gasteiger partial charge >= 0.3 is 0 Å². The van der Waals surface area contributed by atoms with Gasteiger partial charge in [-0.1, -0.05) is 36.2 Å². The number of hydrogen-bond donors (Lipinski definition) is 2. The number of halogens is 3. The van der Waals surface area contributed by atoms with Crippen LogP contribution in [0.2, 0.25) is 10.0 Å². The SMILES string of the molecule is CNCC(C)C(=O)NCCCc1ccc(Cl)cc1Cl.Cl. The largest absolute Gasteiger partial charge is 0.356 e. The summed E-state index contributed by atoms with van der Waals surface area (Å²) in [6.07, 6.45) is 1.69. The normalized spacial score (nSPS) is 11.6. The lowest BCUT2D eigenvalue weighted by molar-refractivity contribution is -0.124. The van der Waals surface area contributed by atoms with Crippen molar-refractivity contribution >= 4 is 41.5 Å². The summed E-state index contributed by atoms with van der Waals surface area (Å²) in [7, 11) is 1.84. The molecule has 1 atom stereocenters. The molecule has 114 valence electrons. The van der Waals surface area contributed by atoms with Crippen molar-refractivity contribution in [2.45, 2.75) is 19.8 Å². The molecule has 0 aliphatic heterocycles. The first-order valence-electron chi connectivity index (χ1n) is 6.41. The fourth-order valence-corrected chi connectivity index (χ4v) is 2.29. The number of nitrogens with one attached hydrogen (secondary N) is 2. The first kappa shape index (κ1) is 19.5. The van der Waals surface area contributed by atoms with Gasteiger partial charge in [0.25, 0.3) is 0 Å². The van der Waals surface area contributed by atoms with Crippen molar-refractivity contribution in [3.05, 3.63) is 33.8 Å². The third-order valence-electron chi connectivity index (χ3n) is 2.90. The van der Waals surface area contributed by atoms with Crippen molar-refractivity contribution in [1.29, 1.82) is 0 Å². The van der Waals surface area contributed by atoms with E-state index in [-0.39, 0.29) is 24.2 Å². The van der Waals surface area contributed by atoms with Crippen molar-refractivity contribution in [3.63, 3.8) is 0 Å².